The Kier molecular flexibility index (Phi) is 4.39. The molecule has 1 atom stereocenters. The normalized spacial score (nSPS) is 23.9. The summed E-state index contributed by atoms with van der Waals surface area (Å²) in [5.41, 5.74) is 7.17. The van der Waals surface area contributed by atoms with E-state index >= 15 is 0 Å². The van der Waals surface area contributed by atoms with Crippen LogP contribution in [-0.2, 0) is 0 Å². The number of hydrogen-bond acceptors (Lipinski definition) is 3. The van der Waals surface area contributed by atoms with E-state index in [1.807, 2.05) is 30.5 Å². The number of nitrogens with two attached hydrogens (primary N) is 1. The lowest BCUT2D eigenvalue weighted by Crippen LogP contribution is -2.35. The van der Waals surface area contributed by atoms with E-state index < -0.39 is 0 Å². The van der Waals surface area contributed by atoms with Crippen LogP contribution in [0.4, 0.5) is 0 Å². The zero-order chi connectivity index (χ0) is 14.7. The third-order valence-electron chi connectivity index (χ3n) is 4.70. The van der Waals surface area contributed by atoms with E-state index in [-0.39, 0.29) is 0 Å². The Balaban J connectivity index is 1.67. The Hall–Kier alpha value is -1.61. The van der Waals surface area contributed by atoms with Gasteiger partial charge in [0.25, 0.3) is 0 Å². The fraction of sp³-hybridized carbons (Fsp3) is 0.500. The monoisotopic (exact) mass is 284 g/mol. The molecule has 0 amide bonds. The van der Waals surface area contributed by atoms with Gasteiger partial charge in [0.2, 0.25) is 0 Å². The van der Waals surface area contributed by atoms with E-state index in [1.165, 1.54) is 12.8 Å². The largest absolute Gasteiger partial charge is 0.490 e. The molecule has 112 valence electrons. The highest BCUT2D eigenvalue weighted by Gasteiger charge is 2.26. The van der Waals surface area contributed by atoms with Gasteiger partial charge in [0, 0.05) is 17.6 Å². The molecule has 21 heavy (non-hydrogen) atoms. The summed E-state index contributed by atoms with van der Waals surface area (Å²) in [5.74, 6) is 1.63. The molecule has 0 radical (unpaired) electrons. The van der Waals surface area contributed by atoms with Gasteiger partial charge in [-0.05, 0) is 56.2 Å². The summed E-state index contributed by atoms with van der Waals surface area (Å²) in [4.78, 5) is 4.38. The van der Waals surface area contributed by atoms with E-state index in [4.69, 9.17) is 10.5 Å². The summed E-state index contributed by atoms with van der Waals surface area (Å²) < 4.78 is 6.25. The van der Waals surface area contributed by atoms with Gasteiger partial charge in [-0.1, -0.05) is 19.1 Å². The minimum atomic E-state index is 0.316. The number of para-hydroxylation sites is 1. The van der Waals surface area contributed by atoms with Gasteiger partial charge in [-0.2, -0.15) is 0 Å². The zero-order valence-corrected chi connectivity index (χ0v) is 12.7. The molecular formula is C18H24N2O. The molecule has 1 aromatic heterocycles. The smallest absolute Gasteiger partial charge is 0.130 e. The van der Waals surface area contributed by atoms with Gasteiger partial charge in [-0.15, -0.1) is 0 Å². The molecule has 0 aliphatic heterocycles. The highest BCUT2D eigenvalue weighted by atomic mass is 16.5. The fourth-order valence-corrected chi connectivity index (χ4v) is 3.32. The maximum Gasteiger partial charge on any atom is 0.130 e. The molecule has 1 heterocycles. The molecular weight excluding hydrogens is 260 g/mol. The van der Waals surface area contributed by atoms with Crippen molar-refractivity contribution in [1.29, 1.82) is 0 Å². The van der Waals surface area contributed by atoms with Crippen LogP contribution in [0.15, 0.2) is 36.5 Å². The molecule has 1 unspecified atom stereocenters. The van der Waals surface area contributed by atoms with Crippen LogP contribution in [0.25, 0.3) is 10.9 Å². The third kappa shape index (κ3) is 3.18. The standard InChI is InChI=1S/C18H24N2O/c1-2-16(19)13-7-9-14(10-8-13)21-18-11-12-20-17-6-4-3-5-15(17)18/h3-6,11-14,16H,2,7-10,19H2,1H3. The summed E-state index contributed by atoms with van der Waals surface area (Å²) in [7, 11) is 0. The first-order valence-corrected chi connectivity index (χ1v) is 8.04. The van der Waals surface area contributed by atoms with Crippen LogP contribution < -0.4 is 10.5 Å². The number of hydrogen-bond donors (Lipinski definition) is 1. The lowest BCUT2D eigenvalue weighted by atomic mass is 9.82. The number of fused-ring (bicyclic) bond motifs is 1. The van der Waals surface area contributed by atoms with Crippen molar-refractivity contribution in [2.24, 2.45) is 11.7 Å². The molecule has 0 saturated heterocycles. The maximum absolute atomic E-state index is 6.25. The third-order valence-corrected chi connectivity index (χ3v) is 4.70. The van der Waals surface area contributed by atoms with E-state index in [1.54, 1.807) is 0 Å². The molecule has 0 spiro atoms. The van der Waals surface area contributed by atoms with Crippen molar-refractivity contribution in [1.82, 2.24) is 4.98 Å². The molecule has 1 aliphatic carbocycles. The topological polar surface area (TPSA) is 48.1 Å². The van der Waals surface area contributed by atoms with Crippen molar-refractivity contribution >= 4 is 10.9 Å². The van der Waals surface area contributed by atoms with Crippen molar-refractivity contribution in [3.63, 3.8) is 0 Å². The minimum absolute atomic E-state index is 0.316. The predicted octanol–water partition coefficient (Wildman–Crippen LogP) is 3.91. The Labute approximate surface area is 126 Å². The molecule has 1 saturated carbocycles. The number of rotatable bonds is 4. The Bertz CT molecular complexity index is 585. The van der Waals surface area contributed by atoms with E-state index in [9.17, 15) is 0 Å². The van der Waals surface area contributed by atoms with Crippen LogP contribution in [0, 0.1) is 5.92 Å². The molecule has 2 N–H and O–H groups in total. The van der Waals surface area contributed by atoms with Gasteiger partial charge < -0.3 is 10.5 Å². The molecule has 1 aliphatic rings. The first-order valence-electron chi connectivity index (χ1n) is 8.04. The number of ether oxygens (including phenoxy) is 1. The van der Waals surface area contributed by atoms with Crippen LogP contribution in [0.5, 0.6) is 5.75 Å². The second-order valence-corrected chi connectivity index (χ2v) is 6.05. The Morgan fingerprint density at radius 2 is 1.95 bits per heavy atom. The van der Waals surface area contributed by atoms with E-state index in [2.05, 4.69) is 18.0 Å². The number of aromatic nitrogens is 1. The van der Waals surface area contributed by atoms with Crippen LogP contribution in [0.1, 0.15) is 39.0 Å². The van der Waals surface area contributed by atoms with Gasteiger partial charge in [0.15, 0.2) is 0 Å². The van der Waals surface area contributed by atoms with Crippen LogP contribution >= 0.6 is 0 Å². The lowest BCUT2D eigenvalue weighted by molar-refractivity contribution is 0.124. The zero-order valence-electron chi connectivity index (χ0n) is 12.7. The first-order chi connectivity index (χ1) is 10.3. The second kappa shape index (κ2) is 6.44. The lowest BCUT2D eigenvalue weighted by Gasteiger charge is -2.32. The Morgan fingerprint density at radius 1 is 1.19 bits per heavy atom. The molecule has 2 aromatic rings. The number of benzene rings is 1. The number of nitrogens with zero attached hydrogens (tertiary/aromatic N) is 1. The van der Waals surface area contributed by atoms with Crippen molar-refractivity contribution in [2.75, 3.05) is 0 Å². The summed E-state index contributed by atoms with van der Waals surface area (Å²) in [5, 5.41) is 1.10. The van der Waals surface area contributed by atoms with Crippen molar-refractivity contribution in [3.8, 4) is 5.75 Å². The highest BCUT2D eigenvalue weighted by molar-refractivity contribution is 5.84. The van der Waals surface area contributed by atoms with Gasteiger partial charge in [-0.3, -0.25) is 4.98 Å². The van der Waals surface area contributed by atoms with Gasteiger partial charge in [-0.25, -0.2) is 0 Å². The average Bonchev–Trinajstić information content (AvgIpc) is 2.55. The maximum atomic E-state index is 6.25. The summed E-state index contributed by atoms with van der Waals surface area (Å²) in [6, 6.07) is 10.5. The number of pyridine rings is 1. The summed E-state index contributed by atoms with van der Waals surface area (Å²) in [6.45, 7) is 2.18. The quantitative estimate of drug-likeness (QED) is 0.926. The van der Waals surface area contributed by atoms with Gasteiger partial charge in [0.1, 0.15) is 5.75 Å². The molecule has 1 aromatic carbocycles. The molecule has 3 rings (SSSR count). The van der Waals surface area contributed by atoms with E-state index in [0.29, 0.717) is 18.1 Å². The highest BCUT2D eigenvalue weighted by Crippen LogP contribution is 2.32. The van der Waals surface area contributed by atoms with Crippen molar-refractivity contribution in [2.45, 2.75) is 51.2 Å². The second-order valence-electron chi connectivity index (χ2n) is 6.05. The van der Waals surface area contributed by atoms with Gasteiger partial charge >= 0.3 is 0 Å². The van der Waals surface area contributed by atoms with E-state index in [0.717, 1.165) is 35.9 Å². The van der Waals surface area contributed by atoms with Crippen molar-refractivity contribution < 1.29 is 4.74 Å². The molecule has 3 heteroatoms. The first kappa shape index (κ1) is 14.3. The van der Waals surface area contributed by atoms with Crippen LogP contribution in [0.3, 0.4) is 0 Å². The molecule has 3 nitrogen and oxygen atoms in total. The summed E-state index contributed by atoms with van der Waals surface area (Å²) >= 11 is 0. The van der Waals surface area contributed by atoms with Crippen molar-refractivity contribution in [3.05, 3.63) is 36.5 Å². The SMILES string of the molecule is CCC(N)C1CCC(Oc2ccnc3ccccc23)CC1. The fourth-order valence-electron chi connectivity index (χ4n) is 3.32. The Morgan fingerprint density at radius 3 is 2.71 bits per heavy atom. The molecule has 0 bridgehead atoms. The summed E-state index contributed by atoms with van der Waals surface area (Å²) in [6.07, 6.45) is 7.80. The van der Waals surface area contributed by atoms with Crippen LogP contribution in [-0.4, -0.2) is 17.1 Å². The molecule has 1 fully saturated rings. The predicted molar refractivity (Wildman–Crippen MR) is 86.4 cm³/mol. The van der Waals surface area contributed by atoms with Gasteiger partial charge in [0.05, 0.1) is 11.6 Å². The van der Waals surface area contributed by atoms with Crippen LogP contribution in [0.2, 0.25) is 0 Å². The average molecular weight is 284 g/mol. The minimum Gasteiger partial charge on any atom is -0.490 e.